The minimum absolute atomic E-state index is 0.0309. The lowest BCUT2D eigenvalue weighted by molar-refractivity contribution is -0.126. The van der Waals surface area contributed by atoms with Gasteiger partial charge in [0, 0.05) is 25.0 Å². The number of carbonyl (C=O) groups is 1. The number of nitrogens with zero attached hydrogens (tertiary/aromatic N) is 1. The van der Waals surface area contributed by atoms with Gasteiger partial charge in [-0.25, -0.2) is 8.42 Å². The van der Waals surface area contributed by atoms with Gasteiger partial charge in [-0.2, -0.15) is 4.31 Å². The highest BCUT2D eigenvalue weighted by atomic mass is 32.2. The van der Waals surface area contributed by atoms with E-state index in [-0.39, 0.29) is 17.9 Å². The number of carbonyl (C=O) groups excluding carboxylic acids is 1. The van der Waals surface area contributed by atoms with Crippen LogP contribution in [0.15, 0.2) is 29.2 Å². The van der Waals surface area contributed by atoms with Gasteiger partial charge in [0.2, 0.25) is 15.9 Å². The van der Waals surface area contributed by atoms with Crippen LogP contribution in [0.4, 0.5) is 0 Å². The Balaban J connectivity index is 2.03. The molecule has 1 saturated heterocycles. The van der Waals surface area contributed by atoms with Crippen LogP contribution in [0.1, 0.15) is 52.0 Å². The maximum absolute atomic E-state index is 12.7. The van der Waals surface area contributed by atoms with Crippen molar-refractivity contribution < 1.29 is 13.2 Å². The van der Waals surface area contributed by atoms with Crippen molar-refractivity contribution in [3.8, 4) is 0 Å². The van der Waals surface area contributed by atoms with Crippen LogP contribution in [0.25, 0.3) is 0 Å². The summed E-state index contributed by atoms with van der Waals surface area (Å²) in [6.45, 7) is 8.80. The molecule has 0 aromatic heterocycles. The number of benzene rings is 1. The Labute approximate surface area is 145 Å². The van der Waals surface area contributed by atoms with Gasteiger partial charge in [0.25, 0.3) is 0 Å². The molecule has 5 nitrogen and oxygen atoms in total. The van der Waals surface area contributed by atoms with Crippen molar-refractivity contribution in [1.29, 1.82) is 0 Å². The third kappa shape index (κ3) is 4.36. The topological polar surface area (TPSA) is 66.5 Å². The quantitative estimate of drug-likeness (QED) is 0.886. The van der Waals surface area contributed by atoms with Gasteiger partial charge in [0.15, 0.2) is 0 Å². The summed E-state index contributed by atoms with van der Waals surface area (Å²) in [6.07, 6.45) is 1.14. The molecule has 0 saturated carbocycles. The Bertz CT molecular complexity index is 658. The molecule has 1 amide bonds. The fourth-order valence-corrected chi connectivity index (χ4v) is 4.40. The van der Waals surface area contributed by atoms with Gasteiger partial charge in [0.1, 0.15) is 0 Å². The first-order valence-corrected chi connectivity index (χ1v) is 10.1. The van der Waals surface area contributed by atoms with E-state index in [0.717, 1.165) is 5.56 Å². The predicted octanol–water partition coefficient (Wildman–Crippen LogP) is 2.74. The molecule has 0 spiro atoms. The first kappa shape index (κ1) is 18.9. The van der Waals surface area contributed by atoms with Crippen LogP contribution in [0.2, 0.25) is 0 Å². The van der Waals surface area contributed by atoms with Crippen LogP contribution < -0.4 is 5.32 Å². The van der Waals surface area contributed by atoms with E-state index in [9.17, 15) is 13.2 Å². The van der Waals surface area contributed by atoms with E-state index in [4.69, 9.17) is 0 Å². The maximum Gasteiger partial charge on any atom is 0.243 e. The average Bonchev–Trinajstić information content (AvgIpc) is 2.54. The summed E-state index contributed by atoms with van der Waals surface area (Å²) in [4.78, 5) is 12.4. The molecular formula is C18H28N2O3S. The Kier molecular flexibility index (Phi) is 6.04. The van der Waals surface area contributed by atoms with E-state index in [1.165, 1.54) is 4.31 Å². The van der Waals surface area contributed by atoms with Crippen molar-refractivity contribution in [3.05, 3.63) is 29.8 Å². The molecule has 1 heterocycles. The van der Waals surface area contributed by atoms with Gasteiger partial charge in [-0.1, -0.05) is 26.0 Å². The Morgan fingerprint density at radius 1 is 1.08 bits per heavy atom. The van der Waals surface area contributed by atoms with E-state index in [1.54, 1.807) is 12.1 Å². The Hall–Kier alpha value is -1.40. The lowest BCUT2D eigenvalue weighted by atomic mass is 9.97. The largest absolute Gasteiger partial charge is 0.354 e. The summed E-state index contributed by atoms with van der Waals surface area (Å²) >= 11 is 0. The number of hydrogen-bond donors (Lipinski definition) is 1. The highest BCUT2D eigenvalue weighted by Gasteiger charge is 2.32. The third-order valence-corrected chi connectivity index (χ3v) is 6.35. The lowest BCUT2D eigenvalue weighted by Gasteiger charge is -2.31. The van der Waals surface area contributed by atoms with Gasteiger partial charge in [0.05, 0.1) is 4.90 Å². The van der Waals surface area contributed by atoms with Crippen molar-refractivity contribution in [2.24, 2.45) is 5.92 Å². The fraction of sp³-hybridized carbons (Fsp3) is 0.611. The zero-order valence-corrected chi connectivity index (χ0v) is 15.8. The SMILES string of the molecule is CC(C)NC(=O)C1CCN(S(=O)(=O)c2ccc(C(C)C)cc2)CC1. The van der Waals surface area contributed by atoms with E-state index in [0.29, 0.717) is 36.7 Å². The zero-order chi connectivity index (χ0) is 17.9. The molecule has 1 aliphatic rings. The minimum Gasteiger partial charge on any atom is -0.354 e. The third-order valence-electron chi connectivity index (χ3n) is 4.44. The van der Waals surface area contributed by atoms with Crippen molar-refractivity contribution in [1.82, 2.24) is 9.62 Å². The summed E-state index contributed by atoms with van der Waals surface area (Å²) in [5, 5.41) is 2.91. The molecule has 1 aromatic rings. The number of amides is 1. The first-order valence-electron chi connectivity index (χ1n) is 8.62. The van der Waals surface area contributed by atoms with Crippen molar-refractivity contribution in [3.63, 3.8) is 0 Å². The van der Waals surface area contributed by atoms with Crippen LogP contribution in [-0.2, 0) is 14.8 Å². The normalized spacial score (nSPS) is 17.4. The monoisotopic (exact) mass is 352 g/mol. The summed E-state index contributed by atoms with van der Waals surface area (Å²) in [5.74, 6) is 0.308. The lowest BCUT2D eigenvalue weighted by Crippen LogP contribution is -2.44. The van der Waals surface area contributed by atoms with Crippen LogP contribution in [0.3, 0.4) is 0 Å². The number of hydrogen-bond acceptors (Lipinski definition) is 3. The van der Waals surface area contributed by atoms with Crippen LogP contribution >= 0.6 is 0 Å². The number of nitrogens with one attached hydrogen (secondary N) is 1. The van der Waals surface area contributed by atoms with E-state index in [2.05, 4.69) is 19.2 Å². The average molecular weight is 353 g/mol. The molecule has 0 radical (unpaired) electrons. The smallest absolute Gasteiger partial charge is 0.243 e. The molecule has 134 valence electrons. The minimum atomic E-state index is -3.48. The zero-order valence-electron chi connectivity index (χ0n) is 15.0. The molecule has 0 bridgehead atoms. The van der Waals surface area contributed by atoms with Gasteiger partial charge in [-0.3, -0.25) is 4.79 Å². The highest BCUT2D eigenvalue weighted by molar-refractivity contribution is 7.89. The van der Waals surface area contributed by atoms with E-state index in [1.807, 2.05) is 26.0 Å². The number of piperidine rings is 1. The summed E-state index contributed by atoms with van der Waals surface area (Å²) < 4.78 is 27.0. The summed E-state index contributed by atoms with van der Waals surface area (Å²) in [5.41, 5.74) is 1.12. The van der Waals surface area contributed by atoms with Gasteiger partial charge >= 0.3 is 0 Å². The van der Waals surface area contributed by atoms with Crippen LogP contribution in [0.5, 0.6) is 0 Å². The van der Waals surface area contributed by atoms with Crippen LogP contribution in [-0.4, -0.2) is 37.8 Å². The predicted molar refractivity (Wildman–Crippen MR) is 95.3 cm³/mol. The summed E-state index contributed by atoms with van der Waals surface area (Å²) in [6, 6.07) is 7.23. The summed E-state index contributed by atoms with van der Waals surface area (Å²) in [7, 11) is -3.48. The van der Waals surface area contributed by atoms with E-state index < -0.39 is 10.0 Å². The number of rotatable bonds is 5. The number of sulfonamides is 1. The molecule has 2 rings (SSSR count). The maximum atomic E-state index is 12.7. The van der Waals surface area contributed by atoms with Crippen LogP contribution in [0, 0.1) is 5.92 Å². The highest BCUT2D eigenvalue weighted by Crippen LogP contribution is 2.25. The van der Waals surface area contributed by atoms with Gasteiger partial charge in [-0.15, -0.1) is 0 Å². The molecule has 0 atom stereocenters. The van der Waals surface area contributed by atoms with Crippen molar-refractivity contribution in [2.45, 2.75) is 57.4 Å². The van der Waals surface area contributed by atoms with Crippen molar-refractivity contribution >= 4 is 15.9 Å². The molecule has 1 aromatic carbocycles. The fourth-order valence-electron chi connectivity index (χ4n) is 2.93. The van der Waals surface area contributed by atoms with E-state index >= 15 is 0 Å². The molecule has 0 unspecified atom stereocenters. The Morgan fingerprint density at radius 2 is 1.62 bits per heavy atom. The van der Waals surface area contributed by atoms with Crippen molar-refractivity contribution in [2.75, 3.05) is 13.1 Å². The molecule has 1 N–H and O–H groups in total. The molecular weight excluding hydrogens is 324 g/mol. The molecule has 24 heavy (non-hydrogen) atoms. The second kappa shape index (κ2) is 7.66. The van der Waals surface area contributed by atoms with Gasteiger partial charge < -0.3 is 5.32 Å². The van der Waals surface area contributed by atoms with Gasteiger partial charge in [-0.05, 0) is 50.3 Å². The second-order valence-corrected chi connectivity index (χ2v) is 9.00. The first-order chi connectivity index (χ1) is 11.2. The Morgan fingerprint density at radius 3 is 2.08 bits per heavy atom. The molecule has 1 fully saturated rings. The standard InChI is InChI=1S/C18H28N2O3S/c1-13(2)15-5-7-17(8-6-15)24(22,23)20-11-9-16(10-12-20)18(21)19-14(3)4/h5-8,13-14,16H,9-12H2,1-4H3,(H,19,21). The molecule has 0 aliphatic carbocycles. The molecule has 6 heteroatoms. The molecule has 1 aliphatic heterocycles. The second-order valence-electron chi connectivity index (χ2n) is 7.07.